The quantitative estimate of drug-likeness (QED) is 0.218. The maximum Gasteiger partial charge on any atom is 0.282 e. The summed E-state index contributed by atoms with van der Waals surface area (Å²) >= 11 is 3.38. The van der Waals surface area contributed by atoms with Gasteiger partial charge in [-0.3, -0.25) is 14.9 Å². The molecule has 4 rings (SSSR count). The van der Waals surface area contributed by atoms with Crippen LogP contribution in [0.5, 0.6) is 0 Å². The Kier molecular flexibility index (Phi) is 5.51. The highest BCUT2D eigenvalue weighted by Crippen LogP contribution is 2.24. The van der Waals surface area contributed by atoms with Gasteiger partial charge in [0.1, 0.15) is 17.3 Å². The second kappa shape index (κ2) is 8.27. The standard InChI is InChI=1S/C22H17BrN4O4/c1-13(2)21-25-19-9-5-15(23)11-18(19)22(28)26(21)24-12-17-8-10-20(31-17)14-3-6-16(7-4-14)27(29)30/h3-13H,1-2H3. The van der Waals surface area contributed by atoms with E-state index in [0.29, 0.717) is 33.8 Å². The highest BCUT2D eigenvalue weighted by molar-refractivity contribution is 9.10. The van der Waals surface area contributed by atoms with E-state index in [-0.39, 0.29) is 17.2 Å². The van der Waals surface area contributed by atoms with E-state index in [4.69, 9.17) is 4.42 Å². The molecule has 2 aromatic heterocycles. The molecule has 0 spiro atoms. The smallest absolute Gasteiger partial charge is 0.282 e. The number of nitro groups is 1. The molecule has 0 bridgehead atoms. The Morgan fingerprint density at radius 1 is 1.16 bits per heavy atom. The van der Waals surface area contributed by atoms with Crippen LogP contribution in [0, 0.1) is 10.1 Å². The lowest BCUT2D eigenvalue weighted by atomic mass is 10.1. The summed E-state index contributed by atoms with van der Waals surface area (Å²) in [5.74, 6) is 1.49. The van der Waals surface area contributed by atoms with Crippen molar-refractivity contribution in [2.45, 2.75) is 19.8 Å². The maximum atomic E-state index is 13.0. The van der Waals surface area contributed by atoms with Gasteiger partial charge >= 0.3 is 0 Å². The molecule has 0 saturated carbocycles. The molecule has 0 saturated heterocycles. The van der Waals surface area contributed by atoms with E-state index in [1.165, 1.54) is 23.0 Å². The number of halogens is 1. The molecule has 31 heavy (non-hydrogen) atoms. The van der Waals surface area contributed by atoms with Crippen LogP contribution < -0.4 is 5.56 Å². The zero-order chi connectivity index (χ0) is 22.1. The van der Waals surface area contributed by atoms with Crippen molar-refractivity contribution >= 4 is 38.7 Å². The molecule has 2 heterocycles. The molecule has 4 aromatic rings. The predicted octanol–water partition coefficient (Wildman–Crippen LogP) is 5.33. The van der Waals surface area contributed by atoms with Gasteiger partial charge in [0.15, 0.2) is 0 Å². The van der Waals surface area contributed by atoms with Crippen molar-refractivity contribution < 1.29 is 9.34 Å². The fourth-order valence-electron chi connectivity index (χ4n) is 3.09. The summed E-state index contributed by atoms with van der Waals surface area (Å²) in [4.78, 5) is 28.0. The third-order valence-corrected chi connectivity index (χ3v) is 5.13. The van der Waals surface area contributed by atoms with Gasteiger partial charge in [-0.05, 0) is 42.5 Å². The van der Waals surface area contributed by atoms with Crippen molar-refractivity contribution in [1.29, 1.82) is 0 Å². The molecule has 0 atom stereocenters. The van der Waals surface area contributed by atoms with E-state index >= 15 is 0 Å². The van der Waals surface area contributed by atoms with E-state index < -0.39 is 4.92 Å². The molecule has 0 N–H and O–H groups in total. The van der Waals surface area contributed by atoms with Crippen LogP contribution in [0.2, 0.25) is 0 Å². The summed E-state index contributed by atoms with van der Waals surface area (Å²) < 4.78 is 7.84. The number of rotatable bonds is 5. The number of non-ortho nitro benzene ring substituents is 1. The lowest BCUT2D eigenvalue weighted by molar-refractivity contribution is -0.384. The fraction of sp³-hybridized carbons (Fsp3) is 0.136. The molecule has 0 aliphatic carbocycles. The molecule has 0 aliphatic rings. The van der Waals surface area contributed by atoms with Crippen LogP contribution in [0.15, 0.2) is 73.4 Å². The van der Waals surface area contributed by atoms with Crippen LogP contribution in [0.3, 0.4) is 0 Å². The number of hydrogen-bond acceptors (Lipinski definition) is 6. The van der Waals surface area contributed by atoms with E-state index in [1.807, 2.05) is 19.9 Å². The predicted molar refractivity (Wildman–Crippen MR) is 122 cm³/mol. The van der Waals surface area contributed by atoms with Crippen molar-refractivity contribution in [3.05, 3.63) is 91.1 Å². The van der Waals surface area contributed by atoms with E-state index in [2.05, 4.69) is 26.0 Å². The summed E-state index contributed by atoms with van der Waals surface area (Å²) in [5.41, 5.74) is 1.05. The molecule has 0 radical (unpaired) electrons. The number of benzene rings is 2. The molecule has 156 valence electrons. The monoisotopic (exact) mass is 480 g/mol. The summed E-state index contributed by atoms with van der Waals surface area (Å²) in [6, 6.07) is 14.9. The van der Waals surface area contributed by atoms with E-state index in [0.717, 1.165) is 4.47 Å². The number of aromatic nitrogens is 2. The summed E-state index contributed by atoms with van der Waals surface area (Å²) in [5, 5.41) is 15.6. The Morgan fingerprint density at radius 3 is 2.58 bits per heavy atom. The van der Waals surface area contributed by atoms with Crippen molar-refractivity contribution in [3.63, 3.8) is 0 Å². The van der Waals surface area contributed by atoms with Gasteiger partial charge in [0.05, 0.1) is 22.0 Å². The third kappa shape index (κ3) is 4.17. The lowest BCUT2D eigenvalue weighted by Gasteiger charge is -2.11. The van der Waals surface area contributed by atoms with Gasteiger partial charge < -0.3 is 4.42 Å². The molecular formula is C22H17BrN4O4. The molecule has 0 fully saturated rings. The van der Waals surface area contributed by atoms with Crippen molar-refractivity contribution in [2.24, 2.45) is 5.10 Å². The number of fused-ring (bicyclic) bond motifs is 1. The average Bonchev–Trinajstić information content (AvgIpc) is 3.22. The normalized spacial score (nSPS) is 11.6. The summed E-state index contributed by atoms with van der Waals surface area (Å²) in [7, 11) is 0. The highest BCUT2D eigenvalue weighted by atomic mass is 79.9. The minimum Gasteiger partial charge on any atom is -0.455 e. The number of hydrogen-bond donors (Lipinski definition) is 0. The number of nitrogens with zero attached hydrogens (tertiary/aromatic N) is 4. The zero-order valence-electron chi connectivity index (χ0n) is 16.7. The topological polar surface area (TPSA) is 104 Å². The van der Waals surface area contributed by atoms with Gasteiger partial charge in [0.2, 0.25) is 0 Å². The maximum absolute atomic E-state index is 13.0. The van der Waals surface area contributed by atoms with Crippen molar-refractivity contribution in [1.82, 2.24) is 9.66 Å². The second-order valence-electron chi connectivity index (χ2n) is 7.15. The summed E-state index contributed by atoms with van der Waals surface area (Å²) in [6.45, 7) is 3.89. The van der Waals surface area contributed by atoms with Crippen LogP contribution in [0.1, 0.15) is 31.4 Å². The Morgan fingerprint density at radius 2 is 1.90 bits per heavy atom. The third-order valence-electron chi connectivity index (χ3n) is 4.64. The minimum atomic E-state index is -0.454. The molecule has 0 unspecified atom stereocenters. The largest absolute Gasteiger partial charge is 0.455 e. The molecule has 8 nitrogen and oxygen atoms in total. The molecular weight excluding hydrogens is 464 g/mol. The minimum absolute atomic E-state index is 0.00752. The highest BCUT2D eigenvalue weighted by Gasteiger charge is 2.14. The lowest BCUT2D eigenvalue weighted by Crippen LogP contribution is -2.23. The fourth-order valence-corrected chi connectivity index (χ4v) is 3.45. The number of nitro benzene ring substituents is 1. The SMILES string of the molecule is CC(C)c1nc2ccc(Br)cc2c(=O)n1N=Cc1ccc(-c2ccc([N+](=O)[O-])cc2)o1. The van der Waals surface area contributed by atoms with E-state index in [1.54, 1.807) is 36.4 Å². The van der Waals surface area contributed by atoms with Gasteiger partial charge in [0.25, 0.3) is 11.2 Å². The average molecular weight is 481 g/mol. The summed E-state index contributed by atoms with van der Waals surface area (Å²) in [6.07, 6.45) is 1.45. The molecule has 2 aromatic carbocycles. The van der Waals surface area contributed by atoms with E-state index in [9.17, 15) is 14.9 Å². The Bertz CT molecular complexity index is 1370. The number of furan rings is 1. The molecule has 0 aliphatic heterocycles. The van der Waals surface area contributed by atoms with Crippen LogP contribution in [0.25, 0.3) is 22.2 Å². The first kappa shape index (κ1) is 20.7. The first-order valence-corrected chi connectivity index (χ1v) is 10.2. The van der Waals surface area contributed by atoms with Gasteiger partial charge in [-0.15, -0.1) is 0 Å². The van der Waals surface area contributed by atoms with Crippen LogP contribution >= 0.6 is 15.9 Å². The van der Waals surface area contributed by atoms with Crippen LogP contribution in [-0.4, -0.2) is 20.8 Å². The Balaban J connectivity index is 1.70. The zero-order valence-corrected chi connectivity index (χ0v) is 18.2. The Labute approximate surface area is 185 Å². The van der Waals surface area contributed by atoms with Crippen LogP contribution in [-0.2, 0) is 0 Å². The van der Waals surface area contributed by atoms with Crippen LogP contribution in [0.4, 0.5) is 5.69 Å². The van der Waals surface area contributed by atoms with Gasteiger partial charge in [-0.2, -0.15) is 9.78 Å². The van der Waals surface area contributed by atoms with Gasteiger partial charge in [0, 0.05) is 28.1 Å². The van der Waals surface area contributed by atoms with Crippen molar-refractivity contribution in [3.8, 4) is 11.3 Å². The van der Waals surface area contributed by atoms with Gasteiger partial charge in [-0.1, -0.05) is 29.8 Å². The molecule has 0 amide bonds. The second-order valence-corrected chi connectivity index (χ2v) is 8.07. The Hall–Kier alpha value is -3.59. The first-order valence-electron chi connectivity index (χ1n) is 9.44. The van der Waals surface area contributed by atoms with Crippen molar-refractivity contribution in [2.75, 3.05) is 0 Å². The first-order chi connectivity index (χ1) is 14.8. The molecule has 9 heteroatoms. The van der Waals surface area contributed by atoms with Gasteiger partial charge in [-0.25, -0.2) is 4.98 Å².